The first-order valence-corrected chi connectivity index (χ1v) is 14.6. The number of rotatable bonds is 17. The molecular weight excluding hydrogens is 470 g/mol. The average molecular weight is 517 g/mol. The molecule has 5 heteroatoms. The monoisotopic (exact) mass is 516 g/mol. The van der Waals surface area contributed by atoms with Crippen LogP contribution < -0.4 is 4.74 Å². The van der Waals surface area contributed by atoms with Gasteiger partial charge in [0.15, 0.2) is 17.9 Å². The first kappa shape index (κ1) is 29.6. The van der Waals surface area contributed by atoms with Gasteiger partial charge in [-0.25, -0.2) is 4.39 Å². The molecule has 3 rings (SSSR count). The van der Waals surface area contributed by atoms with Gasteiger partial charge in [-0.05, 0) is 30.5 Å². The van der Waals surface area contributed by atoms with E-state index in [1.54, 1.807) is 18.2 Å². The lowest BCUT2D eigenvalue weighted by molar-refractivity contribution is -0.206. The highest BCUT2D eigenvalue weighted by Crippen LogP contribution is 2.32. The van der Waals surface area contributed by atoms with E-state index < -0.39 is 17.9 Å². The molecule has 206 valence electrons. The summed E-state index contributed by atoms with van der Waals surface area (Å²) in [5.41, 5.74) is 1.72. The Hall–Kier alpha value is -1.98. The SMILES string of the molecule is CCCCCCCCOc1ccc(-c2ccc(C3OCC(CCCCCCCC)CO3)cc2)c(F)c1F. The van der Waals surface area contributed by atoms with E-state index in [9.17, 15) is 8.78 Å². The van der Waals surface area contributed by atoms with Crippen molar-refractivity contribution < 1.29 is 23.0 Å². The number of hydrogen-bond donors (Lipinski definition) is 0. The Morgan fingerprint density at radius 3 is 1.95 bits per heavy atom. The molecule has 0 unspecified atom stereocenters. The van der Waals surface area contributed by atoms with Gasteiger partial charge in [0.1, 0.15) is 0 Å². The molecule has 0 N–H and O–H groups in total. The van der Waals surface area contributed by atoms with Gasteiger partial charge in [0.05, 0.1) is 19.8 Å². The second kappa shape index (κ2) is 16.8. The molecule has 0 bridgehead atoms. The summed E-state index contributed by atoms with van der Waals surface area (Å²) in [6.45, 7) is 6.22. The van der Waals surface area contributed by atoms with E-state index in [1.807, 2.05) is 12.1 Å². The van der Waals surface area contributed by atoms with Crippen molar-refractivity contribution in [1.82, 2.24) is 0 Å². The Bertz CT molecular complexity index is 892. The number of ether oxygens (including phenoxy) is 3. The van der Waals surface area contributed by atoms with Gasteiger partial charge < -0.3 is 14.2 Å². The zero-order chi connectivity index (χ0) is 26.3. The Morgan fingerprint density at radius 1 is 0.703 bits per heavy atom. The summed E-state index contributed by atoms with van der Waals surface area (Å²) in [6.07, 6.45) is 15.2. The molecule has 0 radical (unpaired) electrons. The number of unbranched alkanes of at least 4 members (excludes halogenated alkanes) is 10. The molecule has 0 aliphatic carbocycles. The molecule has 2 aromatic carbocycles. The van der Waals surface area contributed by atoms with Gasteiger partial charge in [-0.1, -0.05) is 109 Å². The Morgan fingerprint density at radius 2 is 1.30 bits per heavy atom. The second-order valence-electron chi connectivity index (χ2n) is 10.4. The number of halogens is 2. The van der Waals surface area contributed by atoms with Crippen molar-refractivity contribution in [2.45, 2.75) is 104 Å². The Labute approximate surface area is 222 Å². The van der Waals surface area contributed by atoms with E-state index in [0.717, 1.165) is 31.2 Å². The van der Waals surface area contributed by atoms with Crippen LogP contribution in [0.25, 0.3) is 11.1 Å². The smallest absolute Gasteiger partial charge is 0.201 e. The summed E-state index contributed by atoms with van der Waals surface area (Å²) in [6, 6.07) is 10.4. The van der Waals surface area contributed by atoms with E-state index in [-0.39, 0.29) is 11.3 Å². The number of hydrogen-bond acceptors (Lipinski definition) is 3. The molecule has 0 saturated carbocycles. The molecule has 1 aliphatic rings. The fourth-order valence-corrected chi connectivity index (χ4v) is 4.87. The van der Waals surface area contributed by atoms with Crippen molar-refractivity contribution in [3.63, 3.8) is 0 Å². The lowest BCUT2D eigenvalue weighted by atomic mass is 10.00. The summed E-state index contributed by atoms with van der Waals surface area (Å²) < 4.78 is 47.0. The zero-order valence-electron chi connectivity index (χ0n) is 22.9. The second-order valence-corrected chi connectivity index (χ2v) is 10.4. The van der Waals surface area contributed by atoms with Crippen molar-refractivity contribution >= 4 is 0 Å². The number of benzene rings is 2. The molecule has 1 fully saturated rings. The molecule has 1 saturated heterocycles. The van der Waals surface area contributed by atoms with Crippen LogP contribution >= 0.6 is 0 Å². The normalized spacial score (nSPS) is 17.7. The molecule has 1 heterocycles. The fourth-order valence-electron chi connectivity index (χ4n) is 4.87. The lowest BCUT2D eigenvalue weighted by Gasteiger charge is -2.29. The lowest BCUT2D eigenvalue weighted by Crippen LogP contribution is -2.27. The van der Waals surface area contributed by atoms with Gasteiger partial charge in [0.25, 0.3) is 0 Å². The molecule has 0 atom stereocenters. The van der Waals surface area contributed by atoms with Crippen LogP contribution in [0.1, 0.15) is 109 Å². The minimum absolute atomic E-state index is 0.0223. The molecule has 1 aliphatic heterocycles. The van der Waals surface area contributed by atoms with Crippen molar-refractivity contribution in [2.75, 3.05) is 19.8 Å². The van der Waals surface area contributed by atoms with Crippen LogP contribution in [0, 0.1) is 17.6 Å². The molecule has 0 aromatic heterocycles. The van der Waals surface area contributed by atoms with Gasteiger partial charge in [-0.15, -0.1) is 0 Å². The van der Waals surface area contributed by atoms with Crippen LogP contribution in [0.2, 0.25) is 0 Å². The highest BCUT2D eigenvalue weighted by molar-refractivity contribution is 5.65. The Kier molecular flexibility index (Phi) is 13.4. The van der Waals surface area contributed by atoms with Crippen molar-refractivity contribution in [1.29, 1.82) is 0 Å². The zero-order valence-corrected chi connectivity index (χ0v) is 22.9. The van der Waals surface area contributed by atoms with Crippen molar-refractivity contribution in [3.05, 3.63) is 53.6 Å². The first-order chi connectivity index (χ1) is 18.1. The summed E-state index contributed by atoms with van der Waals surface area (Å²) >= 11 is 0. The van der Waals surface area contributed by atoms with Crippen LogP contribution in [-0.2, 0) is 9.47 Å². The van der Waals surface area contributed by atoms with Gasteiger partial charge in [0.2, 0.25) is 5.82 Å². The third-order valence-electron chi connectivity index (χ3n) is 7.23. The van der Waals surface area contributed by atoms with E-state index in [1.165, 1.54) is 63.9 Å². The molecule has 0 amide bonds. The van der Waals surface area contributed by atoms with Gasteiger partial charge >= 0.3 is 0 Å². The maximum atomic E-state index is 14.8. The van der Waals surface area contributed by atoms with Crippen molar-refractivity contribution in [3.8, 4) is 16.9 Å². The average Bonchev–Trinajstić information content (AvgIpc) is 2.93. The fraction of sp³-hybridized carbons (Fsp3) is 0.625. The molecule has 3 nitrogen and oxygen atoms in total. The first-order valence-electron chi connectivity index (χ1n) is 14.6. The molecule has 37 heavy (non-hydrogen) atoms. The highest BCUT2D eigenvalue weighted by atomic mass is 19.2. The van der Waals surface area contributed by atoms with Crippen LogP contribution in [0.5, 0.6) is 5.75 Å². The maximum absolute atomic E-state index is 14.8. The van der Waals surface area contributed by atoms with Crippen molar-refractivity contribution in [2.24, 2.45) is 5.92 Å². The minimum atomic E-state index is -0.928. The standard InChI is InChI=1S/C32H46F2O3/c1-3-5-7-9-11-13-15-25-23-36-32(37-24-25)27-18-16-26(17-19-27)28-20-21-29(31(34)30(28)33)35-22-14-12-10-8-6-4-2/h16-21,25,32H,3-15,22-24H2,1-2H3. The molecular formula is C32H46F2O3. The van der Waals surface area contributed by atoms with Crippen LogP contribution in [0.4, 0.5) is 8.78 Å². The van der Waals surface area contributed by atoms with E-state index in [0.29, 0.717) is 31.3 Å². The van der Waals surface area contributed by atoms with Gasteiger partial charge in [-0.2, -0.15) is 4.39 Å². The van der Waals surface area contributed by atoms with E-state index in [2.05, 4.69) is 13.8 Å². The van der Waals surface area contributed by atoms with Crippen LogP contribution in [0.3, 0.4) is 0 Å². The van der Waals surface area contributed by atoms with Gasteiger partial charge in [-0.3, -0.25) is 0 Å². The summed E-state index contributed by atoms with van der Waals surface area (Å²) in [5, 5.41) is 0. The molecule has 0 spiro atoms. The topological polar surface area (TPSA) is 27.7 Å². The summed E-state index contributed by atoms with van der Waals surface area (Å²) in [7, 11) is 0. The van der Waals surface area contributed by atoms with Gasteiger partial charge in [0, 0.05) is 17.0 Å². The largest absolute Gasteiger partial charge is 0.490 e. The molecule has 2 aromatic rings. The van der Waals surface area contributed by atoms with E-state index >= 15 is 0 Å². The van der Waals surface area contributed by atoms with Crippen LogP contribution in [-0.4, -0.2) is 19.8 Å². The predicted octanol–water partition coefficient (Wildman–Crippen LogP) is 9.78. The van der Waals surface area contributed by atoms with Crippen LogP contribution in [0.15, 0.2) is 36.4 Å². The Balaban J connectivity index is 1.45. The highest BCUT2D eigenvalue weighted by Gasteiger charge is 2.23. The third-order valence-corrected chi connectivity index (χ3v) is 7.23. The minimum Gasteiger partial charge on any atom is -0.490 e. The predicted molar refractivity (Wildman–Crippen MR) is 147 cm³/mol. The summed E-state index contributed by atoms with van der Waals surface area (Å²) in [4.78, 5) is 0. The third kappa shape index (κ3) is 9.68. The quantitative estimate of drug-likeness (QED) is 0.196. The summed E-state index contributed by atoms with van der Waals surface area (Å²) in [5.74, 6) is -1.38. The van der Waals surface area contributed by atoms with E-state index in [4.69, 9.17) is 14.2 Å². The maximum Gasteiger partial charge on any atom is 0.201 e.